The smallest absolute Gasteiger partial charge is 0.306 e. The summed E-state index contributed by atoms with van der Waals surface area (Å²) in [4.78, 5) is 38.3. The standard InChI is InChI=1S/C74H132O6/c1-4-7-10-13-16-19-22-25-27-28-29-30-31-32-33-34-35-36-37-38-39-40-41-42-43-44-45-46-47-50-52-55-58-61-64-67-73(76)79-70-71(69-78-72(75)66-63-60-57-54-51-48-24-21-18-15-12-9-6-3)80-74(77)68-65-62-59-56-53-49-26-23-20-17-14-11-8-5-2/h7,10,16,19,21,23-27,29-30,71H,4-6,8-9,11-15,17-18,20,22,28,31-70H2,1-3H3/b10-7-,19-16-,24-21-,26-23-,27-25-,30-29-. The minimum Gasteiger partial charge on any atom is -0.462 e. The van der Waals surface area contributed by atoms with Gasteiger partial charge in [-0.2, -0.15) is 0 Å². The van der Waals surface area contributed by atoms with Gasteiger partial charge in [0.05, 0.1) is 0 Å². The van der Waals surface area contributed by atoms with E-state index in [0.717, 1.165) is 96.3 Å². The lowest BCUT2D eigenvalue weighted by Crippen LogP contribution is -2.30. The van der Waals surface area contributed by atoms with Crippen molar-refractivity contribution in [3.05, 3.63) is 72.9 Å². The van der Waals surface area contributed by atoms with E-state index in [1.54, 1.807) is 0 Å². The average Bonchev–Trinajstić information content (AvgIpc) is 3.46. The number of unbranched alkanes of at least 4 members (excludes halogenated alkanes) is 41. The number of hydrogen-bond acceptors (Lipinski definition) is 6. The Bertz CT molecular complexity index is 1470. The third kappa shape index (κ3) is 65.7. The van der Waals surface area contributed by atoms with Crippen LogP contribution in [0, 0.1) is 0 Å². The van der Waals surface area contributed by atoms with Crippen molar-refractivity contribution in [3.8, 4) is 0 Å². The lowest BCUT2D eigenvalue weighted by Gasteiger charge is -2.18. The maximum absolute atomic E-state index is 12.9. The summed E-state index contributed by atoms with van der Waals surface area (Å²) in [5.74, 6) is -0.875. The van der Waals surface area contributed by atoms with Crippen LogP contribution in [0.2, 0.25) is 0 Å². The molecule has 0 saturated heterocycles. The number of esters is 3. The Kier molecular flexibility index (Phi) is 65.7. The van der Waals surface area contributed by atoms with E-state index in [4.69, 9.17) is 14.2 Å². The van der Waals surface area contributed by atoms with Crippen LogP contribution in [0.25, 0.3) is 0 Å². The number of carbonyl (C=O) groups is 3. The highest BCUT2D eigenvalue weighted by molar-refractivity contribution is 5.71. The van der Waals surface area contributed by atoms with Gasteiger partial charge in [-0.05, 0) is 109 Å². The molecule has 1 atom stereocenters. The lowest BCUT2D eigenvalue weighted by atomic mass is 10.0. The van der Waals surface area contributed by atoms with E-state index in [9.17, 15) is 14.4 Å². The van der Waals surface area contributed by atoms with Crippen LogP contribution in [-0.4, -0.2) is 37.2 Å². The predicted octanol–water partition coefficient (Wildman–Crippen LogP) is 24.1. The zero-order chi connectivity index (χ0) is 57.8. The van der Waals surface area contributed by atoms with E-state index in [2.05, 4.69) is 93.7 Å². The summed E-state index contributed by atoms with van der Waals surface area (Å²) >= 11 is 0. The molecule has 0 saturated carbocycles. The van der Waals surface area contributed by atoms with E-state index >= 15 is 0 Å². The number of rotatable bonds is 64. The fourth-order valence-corrected chi connectivity index (χ4v) is 10.2. The molecular weight excluding hydrogens is 985 g/mol. The summed E-state index contributed by atoms with van der Waals surface area (Å²) in [7, 11) is 0. The molecule has 464 valence electrons. The first kappa shape index (κ1) is 76.9. The summed E-state index contributed by atoms with van der Waals surface area (Å²) in [6, 6.07) is 0. The van der Waals surface area contributed by atoms with Crippen molar-refractivity contribution in [3.63, 3.8) is 0 Å². The minimum atomic E-state index is -0.780. The zero-order valence-corrected chi connectivity index (χ0v) is 53.3. The highest BCUT2D eigenvalue weighted by Gasteiger charge is 2.19. The molecule has 0 radical (unpaired) electrons. The van der Waals surface area contributed by atoms with Crippen LogP contribution in [0.5, 0.6) is 0 Å². The molecule has 0 aromatic rings. The molecule has 80 heavy (non-hydrogen) atoms. The molecule has 0 N–H and O–H groups in total. The third-order valence-electron chi connectivity index (χ3n) is 15.4. The third-order valence-corrected chi connectivity index (χ3v) is 15.4. The fraction of sp³-hybridized carbons (Fsp3) is 0.797. The van der Waals surface area contributed by atoms with Gasteiger partial charge in [-0.15, -0.1) is 0 Å². The van der Waals surface area contributed by atoms with Crippen molar-refractivity contribution in [2.45, 2.75) is 367 Å². The zero-order valence-electron chi connectivity index (χ0n) is 53.3. The van der Waals surface area contributed by atoms with Crippen LogP contribution < -0.4 is 0 Å². The molecule has 0 bridgehead atoms. The molecule has 0 aliphatic rings. The molecule has 0 spiro atoms. The summed E-state index contributed by atoms with van der Waals surface area (Å²) in [6.45, 7) is 6.53. The van der Waals surface area contributed by atoms with Gasteiger partial charge in [0.15, 0.2) is 6.10 Å². The second kappa shape index (κ2) is 68.3. The molecular formula is C74H132O6. The van der Waals surface area contributed by atoms with E-state index in [1.165, 1.54) is 225 Å². The fourth-order valence-electron chi connectivity index (χ4n) is 10.2. The Balaban J connectivity index is 4.07. The SMILES string of the molecule is CC/C=C\C/C=C\C/C=C\C/C=C\CCCCCCCCCCCCCCCCCCCCCCCCC(=O)OCC(COC(=O)CCCCCCC/C=C\CCCCCC)OC(=O)CCCCCCC/C=C\CCCCCCC. The van der Waals surface area contributed by atoms with Gasteiger partial charge >= 0.3 is 17.9 Å². The van der Waals surface area contributed by atoms with Crippen molar-refractivity contribution in [1.82, 2.24) is 0 Å². The van der Waals surface area contributed by atoms with Gasteiger partial charge in [0, 0.05) is 19.3 Å². The van der Waals surface area contributed by atoms with Crippen molar-refractivity contribution < 1.29 is 28.6 Å². The number of carbonyl (C=O) groups excluding carboxylic acids is 3. The van der Waals surface area contributed by atoms with Crippen LogP contribution in [0.4, 0.5) is 0 Å². The maximum atomic E-state index is 12.9. The summed E-state index contributed by atoms with van der Waals surface area (Å²) in [5, 5.41) is 0. The second-order valence-electron chi connectivity index (χ2n) is 23.4. The predicted molar refractivity (Wildman–Crippen MR) is 348 cm³/mol. The van der Waals surface area contributed by atoms with E-state index in [-0.39, 0.29) is 31.1 Å². The first-order valence-electron chi connectivity index (χ1n) is 34.9. The van der Waals surface area contributed by atoms with E-state index in [0.29, 0.717) is 19.3 Å². The molecule has 0 fully saturated rings. The van der Waals surface area contributed by atoms with Crippen LogP contribution >= 0.6 is 0 Å². The maximum Gasteiger partial charge on any atom is 0.306 e. The molecule has 0 aliphatic heterocycles. The van der Waals surface area contributed by atoms with Crippen LogP contribution in [0.3, 0.4) is 0 Å². The minimum absolute atomic E-state index is 0.0762. The average molecular weight is 1120 g/mol. The monoisotopic (exact) mass is 1120 g/mol. The molecule has 0 rings (SSSR count). The quantitative estimate of drug-likeness (QED) is 0.0261. The normalized spacial score (nSPS) is 12.5. The molecule has 6 heteroatoms. The summed E-state index contributed by atoms with van der Waals surface area (Å²) in [5.41, 5.74) is 0. The molecule has 0 heterocycles. The van der Waals surface area contributed by atoms with Crippen molar-refractivity contribution in [2.75, 3.05) is 13.2 Å². The molecule has 0 aromatic heterocycles. The lowest BCUT2D eigenvalue weighted by molar-refractivity contribution is -0.167. The van der Waals surface area contributed by atoms with Crippen LogP contribution in [-0.2, 0) is 28.6 Å². The van der Waals surface area contributed by atoms with Crippen molar-refractivity contribution >= 4 is 17.9 Å². The van der Waals surface area contributed by atoms with Gasteiger partial charge in [-0.1, -0.05) is 306 Å². The van der Waals surface area contributed by atoms with Gasteiger partial charge in [0.2, 0.25) is 0 Å². The van der Waals surface area contributed by atoms with Crippen molar-refractivity contribution in [2.24, 2.45) is 0 Å². The van der Waals surface area contributed by atoms with Gasteiger partial charge in [0.25, 0.3) is 0 Å². The highest BCUT2D eigenvalue weighted by Crippen LogP contribution is 2.18. The molecule has 1 unspecified atom stereocenters. The summed E-state index contributed by atoms with van der Waals surface area (Å²) < 4.78 is 16.9. The largest absolute Gasteiger partial charge is 0.462 e. The van der Waals surface area contributed by atoms with Gasteiger partial charge < -0.3 is 14.2 Å². The first-order valence-corrected chi connectivity index (χ1v) is 34.9. The molecule has 0 aromatic carbocycles. The highest BCUT2D eigenvalue weighted by atomic mass is 16.6. The molecule has 6 nitrogen and oxygen atoms in total. The van der Waals surface area contributed by atoms with E-state index < -0.39 is 6.10 Å². The number of hydrogen-bond donors (Lipinski definition) is 0. The Hall–Kier alpha value is -3.15. The Morgan fingerprint density at radius 3 is 0.787 bits per heavy atom. The molecule has 0 aliphatic carbocycles. The Labute approximate surface area is 497 Å². The summed E-state index contributed by atoms with van der Waals surface area (Å²) in [6.07, 6.45) is 89.5. The van der Waals surface area contributed by atoms with Crippen LogP contribution in [0.15, 0.2) is 72.9 Å². The van der Waals surface area contributed by atoms with Gasteiger partial charge in [0.1, 0.15) is 13.2 Å². The number of ether oxygens (including phenoxy) is 3. The van der Waals surface area contributed by atoms with E-state index in [1.807, 2.05) is 0 Å². The van der Waals surface area contributed by atoms with Gasteiger partial charge in [-0.3, -0.25) is 14.4 Å². The van der Waals surface area contributed by atoms with Crippen LogP contribution in [0.1, 0.15) is 361 Å². The topological polar surface area (TPSA) is 78.9 Å². The van der Waals surface area contributed by atoms with Crippen molar-refractivity contribution in [1.29, 1.82) is 0 Å². The first-order chi connectivity index (χ1) is 39.5. The number of allylic oxidation sites excluding steroid dienone is 12. The Morgan fingerprint density at radius 1 is 0.263 bits per heavy atom. The second-order valence-corrected chi connectivity index (χ2v) is 23.4. The van der Waals surface area contributed by atoms with Gasteiger partial charge in [-0.25, -0.2) is 0 Å². The molecule has 0 amide bonds. The Morgan fingerprint density at radius 2 is 0.487 bits per heavy atom.